The number of hydrogen-bond acceptors (Lipinski definition) is 4. The molecule has 156 valence electrons. The highest BCUT2D eigenvalue weighted by molar-refractivity contribution is 5.79. The number of amides is 1. The maximum Gasteiger partial charge on any atom is 0.227 e. The molecule has 1 aromatic rings. The fourth-order valence-corrected chi connectivity index (χ4v) is 4.65. The van der Waals surface area contributed by atoms with Gasteiger partial charge < -0.3 is 14.9 Å². The van der Waals surface area contributed by atoms with E-state index in [1.54, 1.807) is 6.07 Å². The number of hydrogen-bond donors (Lipinski definition) is 1. The predicted molar refractivity (Wildman–Crippen MR) is 109 cm³/mol. The van der Waals surface area contributed by atoms with E-state index in [-0.39, 0.29) is 18.3 Å². The second-order valence-corrected chi connectivity index (χ2v) is 8.41. The van der Waals surface area contributed by atoms with Crippen LogP contribution in [0.1, 0.15) is 30.4 Å². The molecule has 2 aliphatic heterocycles. The van der Waals surface area contributed by atoms with Gasteiger partial charge in [-0.3, -0.25) is 9.69 Å². The predicted octanol–water partition coefficient (Wildman–Crippen LogP) is 1.91. The number of likely N-dealkylation sites (N-methyl/N-ethyl adjacent to an activating group) is 1. The number of rotatable bonds is 6. The zero-order chi connectivity index (χ0) is 20.1. The minimum atomic E-state index is -0.259. The molecule has 2 atom stereocenters. The van der Waals surface area contributed by atoms with Crippen LogP contribution in [0, 0.1) is 18.7 Å². The van der Waals surface area contributed by atoms with Gasteiger partial charge in [0.2, 0.25) is 5.91 Å². The number of carbonyl (C=O) groups excluding carboxylic acids is 1. The third kappa shape index (κ3) is 5.31. The maximum absolute atomic E-state index is 13.3. The molecule has 5 nitrogen and oxygen atoms in total. The Balaban J connectivity index is 1.63. The molecular weight excluding hydrogens is 357 g/mol. The zero-order valence-electron chi connectivity index (χ0n) is 17.2. The summed E-state index contributed by atoms with van der Waals surface area (Å²) < 4.78 is 13.3. The van der Waals surface area contributed by atoms with E-state index in [1.807, 2.05) is 11.8 Å². The molecule has 0 bridgehead atoms. The molecule has 3 rings (SSSR count). The SMILES string of the molecule is Cc1cc(F)ccc1CC(=O)N1CC[C@H](N2CCN(C)CC2)[C@H](CCCO)C1. The van der Waals surface area contributed by atoms with Crippen molar-refractivity contribution in [1.29, 1.82) is 0 Å². The fraction of sp³-hybridized carbons (Fsp3) is 0.682. The lowest BCUT2D eigenvalue weighted by Crippen LogP contribution is -2.57. The van der Waals surface area contributed by atoms with Crippen molar-refractivity contribution in [1.82, 2.24) is 14.7 Å². The Kier molecular flexibility index (Phi) is 7.43. The lowest BCUT2D eigenvalue weighted by molar-refractivity contribution is -0.133. The summed E-state index contributed by atoms with van der Waals surface area (Å²) in [4.78, 5) is 19.9. The van der Waals surface area contributed by atoms with E-state index < -0.39 is 0 Å². The van der Waals surface area contributed by atoms with Gasteiger partial charge in [-0.1, -0.05) is 6.07 Å². The Hall–Kier alpha value is -1.50. The summed E-state index contributed by atoms with van der Waals surface area (Å²) >= 11 is 0. The smallest absolute Gasteiger partial charge is 0.227 e. The Labute approximate surface area is 168 Å². The summed E-state index contributed by atoms with van der Waals surface area (Å²) in [6.07, 6.45) is 3.06. The Bertz CT molecular complexity index is 661. The van der Waals surface area contributed by atoms with Crippen molar-refractivity contribution in [2.45, 2.75) is 38.6 Å². The van der Waals surface area contributed by atoms with Gasteiger partial charge in [-0.25, -0.2) is 4.39 Å². The van der Waals surface area contributed by atoms with E-state index in [2.05, 4.69) is 16.8 Å². The van der Waals surface area contributed by atoms with Gasteiger partial charge in [-0.2, -0.15) is 0 Å². The number of nitrogens with zero attached hydrogens (tertiary/aromatic N) is 3. The van der Waals surface area contributed by atoms with Crippen LogP contribution in [0.5, 0.6) is 0 Å². The molecule has 28 heavy (non-hydrogen) atoms. The molecule has 1 N–H and O–H groups in total. The van der Waals surface area contributed by atoms with Gasteiger partial charge >= 0.3 is 0 Å². The lowest BCUT2D eigenvalue weighted by atomic mass is 9.86. The first kappa shape index (κ1) is 21.2. The van der Waals surface area contributed by atoms with Crippen LogP contribution in [0.3, 0.4) is 0 Å². The molecule has 0 aromatic heterocycles. The van der Waals surface area contributed by atoms with E-state index in [9.17, 15) is 14.3 Å². The summed E-state index contributed by atoms with van der Waals surface area (Å²) in [6.45, 7) is 7.95. The summed E-state index contributed by atoms with van der Waals surface area (Å²) in [6, 6.07) is 5.14. The average molecular weight is 392 g/mol. The summed E-state index contributed by atoms with van der Waals surface area (Å²) in [5.74, 6) is 0.272. The number of carbonyl (C=O) groups is 1. The summed E-state index contributed by atoms with van der Waals surface area (Å²) in [5.41, 5.74) is 1.73. The fourth-order valence-electron chi connectivity index (χ4n) is 4.65. The first-order valence-corrected chi connectivity index (χ1v) is 10.5. The molecule has 0 saturated carbocycles. The molecule has 2 heterocycles. The van der Waals surface area contributed by atoms with E-state index in [0.29, 0.717) is 18.4 Å². The van der Waals surface area contributed by atoms with E-state index >= 15 is 0 Å². The van der Waals surface area contributed by atoms with Gasteiger partial charge in [-0.15, -0.1) is 0 Å². The minimum absolute atomic E-state index is 0.125. The van der Waals surface area contributed by atoms with Crippen LogP contribution >= 0.6 is 0 Å². The number of benzene rings is 1. The summed E-state index contributed by atoms with van der Waals surface area (Å²) in [5, 5.41) is 9.32. The van der Waals surface area contributed by atoms with E-state index in [0.717, 1.165) is 69.7 Å². The van der Waals surface area contributed by atoms with Gasteiger partial charge in [-0.05, 0) is 62.4 Å². The number of aliphatic hydroxyl groups excluding tert-OH is 1. The topological polar surface area (TPSA) is 47.0 Å². The molecule has 0 aliphatic carbocycles. The Morgan fingerprint density at radius 1 is 1.21 bits per heavy atom. The average Bonchev–Trinajstić information content (AvgIpc) is 2.69. The van der Waals surface area contributed by atoms with Gasteiger partial charge in [0.25, 0.3) is 0 Å². The van der Waals surface area contributed by atoms with Crippen molar-refractivity contribution in [2.75, 3.05) is 52.9 Å². The number of likely N-dealkylation sites (tertiary alicyclic amines) is 1. The van der Waals surface area contributed by atoms with Crippen molar-refractivity contribution in [2.24, 2.45) is 5.92 Å². The van der Waals surface area contributed by atoms with Gasteiger partial charge in [0, 0.05) is 51.9 Å². The molecular formula is C22H34FN3O2. The van der Waals surface area contributed by atoms with Gasteiger partial charge in [0.1, 0.15) is 5.82 Å². The number of aryl methyl sites for hydroxylation is 1. The first-order valence-electron chi connectivity index (χ1n) is 10.5. The third-order valence-corrected chi connectivity index (χ3v) is 6.43. The lowest BCUT2D eigenvalue weighted by Gasteiger charge is -2.46. The number of piperazine rings is 1. The van der Waals surface area contributed by atoms with E-state index in [4.69, 9.17) is 0 Å². The Morgan fingerprint density at radius 2 is 1.96 bits per heavy atom. The van der Waals surface area contributed by atoms with Crippen molar-refractivity contribution < 1.29 is 14.3 Å². The van der Waals surface area contributed by atoms with Crippen LogP contribution in [0.4, 0.5) is 4.39 Å². The second kappa shape index (κ2) is 9.81. The molecule has 0 radical (unpaired) electrons. The van der Waals surface area contributed by atoms with Gasteiger partial charge in [0.15, 0.2) is 0 Å². The molecule has 2 fully saturated rings. The highest BCUT2D eigenvalue weighted by atomic mass is 19.1. The second-order valence-electron chi connectivity index (χ2n) is 8.41. The highest BCUT2D eigenvalue weighted by Gasteiger charge is 2.35. The number of piperidine rings is 1. The number of halogens is 1. The minimum Gasteiger partial charge on any atom is -0.396 e. The van der Waals surface area contributed by atoms with Gasteiger partial charge in [0.05, 0.1) is 6.42 Å². The largest absolute Gasteiger partial charge is 0.396 e. The molecule has 0 spiro atoms. The molecule has 2 saturated heterocycles. The van der Waals surface area contributed by atoms with Crippen LogP contribution in [0.15, 0.2) is 18.2 Å². The molecule has 6 heteroatoms. The molecule has 0 unspecified atom stereocenters. The monoisotopic (exact) mass is 391 g/mol. The Morgan fingerprint density at radius 3 is 2.64 bits per heavy atom. The van der Waals surface area contributed by atoms with Crippen molar-refractivity contribution in [3.8, 4) is 0 Å². The van der Waals surface area contributed by atoms with Crippen molar-refractivity contribution >= 4 is 5.91 Å². The highest BCUT2D eigenvalue weighted by Crippen LogP contribution is 2.27. The normalized spacial score (nSPS) is 24.5. The van der Waals surface area contributed by atoms with Crippen LogP contribution in [-0.4, -0.2) is 84.7 Å². The molecule has 1 amide bonds. The van der Waals surface area contributed by atoms with Crippen LogP contribution < -0.4 is 0 Å². The third-order valence-electron chi connectivity index (χ3n) is 6.43. The standard InChI is InChI=1S/C22H34FN3O2/c1-17-14-20(23)6-5-18(17)15-22(28)26-8-7-21(19(16-26)4-3-13-27)25-11-9-24(2)10-12-25/h5-6,14,19,21,27H,3-4,7-13,15-16H2,1-2H3/t19-,21+/m1/s1. The van der Waals surface area contributed by atoms with E-state index in [1.165, 1.54) is 12.1 Å². The number of aliphatic hydroxyl groups is 1. The summed E-state index contributed by atoms with van der Waals surface area (Å²) in [7, 11) is 2.17. The molecule has 1 aromatic carbocycles. The zero-order valence-corrected chi connectivity index (χ0v) is 17.2. The first-order chi connectivity index (χ1) is 13.5. The van der Waals surface area contributed by atoms with Crippen molar-refractivity contribution in [3.63, 3.8) is 0 Å². The van der Waals surface area contributed by atoms with Crippen molar-refractivity contribution in [3.05, 3.63) is 35.1 Å². The molecule has 2 aliphatic rings. The van der Waals surface area contributed by atoms with Crippen LogP contribution in [0.2, 0.25) is 0 Å². The maximum atomic E-state index is 13.3. The quantitative estimate of drug-likeness (QED) is 0.805. The van der Waals surface area contributed by atoms with Crippen LogP contribution in [0.25, 0.3) is 0 Å². The van der Waals surface area contributed by atoms with Crippen LogP contribution in [-0.2, 0) is 11.2 Å².